The Kier molecular flexibility index (Phi) is 14.6. The number of hydrogen-bond donors (Lipinski definition) is 4. The Morgan fingerprint density at radius 2 is 1.03 bits per heavy atom. The predicted molar refractivity (Wildman–Crippen MR) is 285 cm³/mol. The van der Waals surface area contributed by atoms with E-state index >= 15 is 0 Å². The van der Waals surface area contributed by atoms with E-state index in [2.05, 4.69) is 5.32 Å². The van der Waals surface area contributed by atoms with Crippen molar-refractivity contribution in [2.75, 3.05) is 5.32 Å². The molecule has 0 bridgehead atoms. The first kappa shape index (κ1) is 53.2. The van der Waals surface area contributed by atoms with E-state index in [1.54, 1.807) is 38.1 Å². The molecule has 0 saturated heterocycles. The molecule has 14 nitrogen and oxygen atoms in total. The number of nitrogens with one attached hydrogen (secondary N) is 1. The standard InChI is InChI=1S/C57H54N2O12S3/c1-31-35(5)56(36(6)32(2)47(31)27-42(60)24-39-14-10-9-11-15-39)58-41-20-23-45-51(26-41)71-52-30-50(54(74(68,69)70)29-49(52)55(45)46-16-12-13-17-53(46)73(65,66)67)59-57-37(7)33(3)48(34(4)38(57)8)28-43(61)25-40-18-21-44(22-19-40)72(62,63)64/h9-23,26,29-30,58H,24-25,27-28H2,1-8H3,(H,62,63,64)(H,65,66,67)(H,68,69,70). The largest absolute Gasteiger partial charge is 0.456 e. The SMILES string of the molecule is Cc1c(C)c(N=c2cc3oc4cc(Nc5c(C)c(C)c(CC(=O)Cc6ccccc6)c(C)c5C)ccc4c(-c4ccccc4S(=O)(=O)O)c-3cc2S(=O)(=O)O)c(C)c(C)c1CC(=O)Cc1ccc(S(=O)(=O)O)cc1. The van der Waals surface area contributed by atoms with Crippen LogP contribution < -0.4 is 10.7 Å². The summed E-state index contributed by atoms with van der Waals surface area (Å²) in [5.41, 5.74) is 11.9. The van der Waals surface area contributed by atoms with E-state index < -0.39 is 40.1 Å². The van der Waals surface area contributed by atoms with Gasteiger partial charge in [0.25, 0.3) is 30.4 Å². The van der Waals surface area contributed by atoms with Gasteiger partial charge >= 0.3 is 0 Å². The second-order valence-electron chi connectivity index (χ2n) is 18.8. The molecule has 0 unspecified atom stereocenters. The molecule has 17 heteroatoms. The van der Waals surface area contributed by atoms with Crippen LogP contribution in [0.3, 0.4) is 0 Å². The third-order valence-corrected chi connectivity index (χ3v) is 16.8. The maximum Gasteiger partial charge on any atom is 0.296 e. The predicted octanol–water partition coefficient (Wildman–Crippen LogP) is 11.1. The lowest BCUT2D eigenvalue weighted by molar-refractivity contribution is -0.118. The summed E-state index contributed by atoms with van der Waals surface area (Å²) in [4.78, 5) is 30.3. The first-order valence-electron chi connectivity index (χ1n) is 23.5. The molecule has 6 aromatic carbocycles. The molecule has 0 aromatic heterocycles. The molecule has 8 rings (SSSR count). The lowest BCUT2D eigenvalue weighted by atomic mass is 9.88. The summed E-state index contributed by atoms with van der Waals surface area (Å²) < 4.78 is 113. The zero-order valence-electron chi connectivity index (χ0n) is 41.9. The van der Waals surface area contributed by atoms with E-state index in [9.17, 15) is 48.5 Å². The molecule has 74 heavy (non-hydrogen) atoms. The molecule has 382 valence electrons. The van der Waals surface area contributed by atoms with Gasteiger partial charge in [-0.15, -0.1) is 0 Å². The number of benzene rings is 7. The second-order valence-corrected chi connectivity index (χ2v) is 23.0. The second kappa shape index (κ2) is 20.3. The van der Waals surface area contributed by atoms with Gasteiger partial charge in [0.2, 0.25) is 0 Å². The highest BCUT2D eigenvalue weighted by atomic mass is 32.2. The van der Waals surface area contributed by atoms with Gasteiger partial charge in [0.05, 0.1) is 15.9 Å². The number of carbonyl (C=O) groups is 2. The highest BCUT2D eigenvalue weighted by Crippen LogP contribution is 2.44. The van der Waals surface area contributed by atoms with Crippen molar-refractivity contribution in [1.29, 1.82) is 0 Å². The van der Waals surface area contributed by atoms with Gasteiger partial charge in [-0.3, -0.25) is 23.2 Å². The van der Waals surface area contributed by atoms with E-state index in [1.165, 1.54) is 54.6 Å². The minimum Gasteiger partial charge on any atom is -0.456 e. The Balaban J connectivity index is 1.26. The van der Waals surface area contributed by atoms with Crippen LogP contribution in [0.1, 0.15) is 66.8 Å². The number of fused-ring (bicyclic) bond motifs is 2. The van der Waals surface area contributed by atoms with Crippen molar-refractivity contribution in [1.82, 2.24) is 0 Å². The molecule has 1 heterocycles. The molecule has 1 aliphatic heterocycles. The Morgan fingerprint density at radius 3 is 1.57 bits per heavy atom. The minimum atomic E-state index is -5.05. The van der Waals surface area contributed by atoms with Gasteiger partial charge in [-0.2, -0.15) is 25.3 Å². The summed E-state index contributed by atoms with van der Waals surface area (Å²) in [5, 5.41) is 3.69. The van der Waals surface area contributed by atoms with E-state index in [0.717, 1.165) is 44.6 Å². The zero-order chi connectivity index (χ0) is 53.8. The Bertz CT molecular complexity index is 3960. The average Bonchev–Trinajstić information content (AvgIpc) is 3.34. The molecular formula is C57H54N2O12S3. The van der Waals surface area contributed by atoms with Crippen molar-refractivity contribution in [3.05, 3.63) is 181 Å². The summed E-state index contributed by atoms with van der Waals surface area (Å²) in [6, 6.07) is 28.4. The topological polar surface area (TPSA) is 235 Å². The Hall–Kier alpha value is -7.12. The number of ketones is 2. The summed E-state index contributed by atoms with van der Waals surface area (Å²) in [5.74, 6) is -0.0176. The van der Waals surface area contributed by atoms with Crippen LogP contribution in [0.25, 0.3) is 33.4 Å². The van der Waals surface area contributed by atoms with Crippen LogP contribution >= 0.6 is 0 Å². The summed E-state index contributed by atoms with van der Waals surface area (Å²) in [7, 11) is -14.3. The van der Waals surface area contributed by atoms with E-state index in [-0.39, 0.29) is 69.1 Å². The molecule has 2 aliphatic rings. The number of carbonyl (C=O) groups excluding carboxylic acids is 2. The van der Waals surface area contributed by atoms with Gasteiger partial charge in [-0.1, -0.05) is 60.7 Å². The minimum absolute atomic E-state index is 0.0130. The number of rotatable bonds is 15. The van der Waals surface area contributed by atoms with Gasteiger partial charge in [-0.05, 0) is 159 Å². The molecule has 0 radical (unpaired) electrons. The fourth-order valence-electron chi connectivity index (χ4n) is 9.73. The average molecular weight is 1060 g/mol. The van der Waals surface area contributed by atoms with Crippen molar-refractivity contribution >= 4 is 70.0 Å². The maximum atomic E-state index is 13.4. The number of nitrogens with zero attached hydrogens (tertiary/aromatic N) is 1. The lowest BCUT2D eigenvalue weighted by Crippen LogP contribution is -2.17. The normalized spacial score (nSPS) is 12.4. The van der Waals surface area contributed by atoms with Crippen LogP contribution in [0.4, 0.5) is 17.1 Å². The fraction of sp³-hybridized carbons (Fsp3) is 0.211. The number of anilines is 2. The molecule has 1 aliphatic carbocycles. The van der Waals surface area contributed by atoms with Crippen molar-refractivity contribution in [3.8, 4) is 22.5 Å². The van der Waals surface area contributed by atoms with Gasteiger partial charge in [0.1, 0.15) is 32.7 Å². The molecule has 0 atom stereocenters. The molecule has 0 fully saturated rings. The number of Topliss-reactive ketones (excluding diaryl/α,β-unsaturated/α-hetero) is 2. The smallest absolute Gasteiger partial charge is 0.296 e. The van der Waals surface area contributed by atoms with Gasteiger partial charge in [-0.25, -0.2) is 4.99 Å². The van der Waals surface area contributed by atoms with Crippen molar-refractivity contribution < 1.29 is 52.9 Å². The van der Waals surface area contributed by atoms with Crippen LogP contribution in [0, 0.1) is 55.4 Å². The van der Waals surface area contributed by atoms with Gasteiger partial charge in [0.15, 0.2) is 0 Å². The van der Waals surface area contributed by atoms with E-state index in [1.807, 2.05) is 71.9 Å². The van der Waals surface area contributed by atoms with Crippen molar-refractivity contribution in [3.63, 3.8) is 0 Å². The van der Waals surface area contributed by atoms with Crippen LogP contribution in [0.2, 0.25) is 0 Å². The number of hydrogen-bond acceptors (Lipinski definition) is 11. The lowest BCUT2D eigenvalue weighted by Gasteiger charge is -2.22. The van der Waals surface area contributed by atoms with Gasteiger partial charge < -0.3 is 9.73 Å². The maximum absolute atomic E-state index is 13.4. The molecular weight excluding hydrogens is 1000 g/mol. The zero-order valence-corrected chi connectivity index (χ0v) is 44.4. The Labute approximate surface area is 430 Å². The summed E-state index contributed by atoms with van der Waals surface area (Å²) in [6.45, 7) is 15.1. The summed E-state index contributed by atoms with van der Waals surface area (Å²) >= 11 is 0. The van der Waals surface area contributed by atoms with E-state index in [0.29, 0.717) is 51.0 Å². The first-order chi connectivity index (χ1) is 34.7. The van der Waals surface area contributed by atoms with Crippen molar-refractivity contribution in [2.45, 2.75) is 95.8 Å². The van der Waals surface area contributed by atoms with Crippen LogP contribution in [-0.2, 0) is 65.6 Å². The molecule has 4 N–H and O–H groups in total. The van der Waals surface area contributed by atoms with Crippen LogP contribution in [0.15, 0.2) is 133 Å². The van der Waals surface area contributed by atoms with Crippen LogP contribution in [-0.4, -0.2) is 50.5 Å². The fourth-order valence-corrected chi connectivity index (χ4v) is 11.5. The highest BCUT2D eigenvalue weighted by molar-refractivity contribution is 7.86. The summed E-state index contributed by atoms with van der Waals surface area (Å²) in [6.07, 6.45) is 0.590. The van der Waals surface area contributed by atoms with Gasteiger partial charge in [0, 0.05) is 71.3 Å². The molecule has 0 saturated carbocycles. The van der Waals surface area contributed by atoms with E-state index in [4.69, 9.17) is 9.41 Å². The molecule has 0 spiro atoms. The molecule has 6 aromatic rings. The first-order valence-corrected chi connectivity index (χ1v) is 27.8. The quantitative estimate of drug-likeness (QED) is 0.0553. The van der Waals surface area contributed by atoms with Crippen molar-refractivity contribution in [2.24, 2.45) is 4.99 Å². The third kappa shape index (κ3) is 10.8. The third-order valence-electron chi connectivity index (χ3n) is 14.2. The highest BCUT2D eigenvalue weighted by Gasteiger charge is 2.28. The monoisotopic (exact) mass is 1050 g/mol. The van der Waals surface area contributed by atoms with Crippen LogP contribution in [0.5, 0.6) is 0 Å². The molecule has 0 amide bonds. The Morgan fingerprint density at radius 1 is 0.514 bits per heavy atom.